The summed E-state index contributed by atoms with van der Waals surface area (Å²) in [5.41, 5.74) is 7.40. The van der Waals surface area contributed by atoms with Crippen LogP contribution in [0.2, 0.25) is 0 Å². The van der Waals surface area contributed by atoms with Crippen molar-refractivity contribution in [2.75, 3.05) is 11.1 Å². The first kappa shape index (κ1) is 14.1. The molecule has 0 atom stereocenters. The van der Waals surface area contributed by atoms with Crippen molar-refractivity contribution in [1.82, 2.24) is 9.78 Å². The van der Waals surface area contributed by atoms with Gasteiger partial charge in [0.05, 0.1) is 16.8 Å². The molecule has 0 aliphatic rings. The Hall–Kier alpha value is -2.30. The molecule has 1 aromatic heterocycles. The van der Waals surface area contributed by atoms with Gasteiger partial charge in [-0.1, -0.05) is 12.1 Å². The minimum Gasteiger partial charge on any atom is -0.398 e. The SMILES string of the molecule is Cc1cc(NC(=O)c2ccccc2N)n(C(C)(C)C)n1. The van der Waals surface area contributed by atoms with Gasteiger partial charge in [-0.3, -0.25) is 4.79 Å². The van der Waals surface area contributed by atoms with Crippen LogP contribution in [0.1, 0.15) is 36.8 Å². The van der Waals surface area contributed by atoms with E-state index in [1.807, 2.05) is 33.8 Å². The predicted octanol–water partition coefficient (Wildman–Crippen LogP) is 2.78. The molecule has 0 spiro atoms. The van der Waals surface area contributed by atoms with Gasteiger partial charge in [-0.15, -0.1) is 0 Å². The molecule has 5 heteroatoms. The number of rotatable bonds is 2. The van der Waals surface area contributed by atoms with Crippen LogP contribution in [0, 0.1) is 6.92 Å². The fourth-order valence-electron chi connectivity index (χ4n) is 1.99. The van der Waals surface area contributed by atoms with Gasteiger partial charge in [0.1, 0.15) is 5.82 Å². The zero-order valence-corrected chi connectivity index (χ0v) is 12.3. The highest BCUT2D eigenvalue weighted by Gasteiger charge is 2.20. The van der Waals surface area contributed by atoms with E-state index in [2.05, 4.69) is 10.4 Å². The molecular weight excluding hydrogens is 252 g/mol. The van der Waals surface area contributed by atoms with Crippen molar-refractivity contribution in [3.8, 4) is 0 Å². The first-order valence-corrected chi connectivity index (χ1v) is 6.52. The summed E-state index contributed by atoms with van der Waals surface area (Å²) < 4.78 is 1.80. The molecule has 20 heavy (non-hydrogen) atoms. The van der Waals surface area contributed by atoms with Crippen LogP contribution >= 0.6 is 0 Å². The predicted molar refractivity (Wildman–Crippen MR) is 80.8 cm³/mol. The second-order valence-corrected chi connectivity index (χ2v) is 5.79. The van der Waals surface area contributed by atoms with Gasteiger partial charge < -0.3 is 11.1 Å². The van der Waals surface area contributed by atoms with Gasteiger partial charge >= 0.3 is 0 Å². The quantitative estimate of drug-likeness (QED) is 0.826. The number of hydrogen-bond acceptors (Lipinski definition) is 3. The van der Waals surface area contributed by atoms with Crippen molar-refractivity contribution in [2.45, 2.75) is 33.2 Å². The second kappa shape index (κ2) is 5.00. The number of anilines is 2. The van der Waals surface area contributed by atoms with E-state index in [1.54, 1.807) is 28.9 Å². The Morgan fingerprint density at radius 3 is 2.55 bits per heavy atom. The molecule has 0 bridgehead atoms. The Morgan fingerprint density at radius 1 is 1.30 bits per heavy atom. The second-order valence-electron chi connectivity index (χ2n) is 5.79. The number of aromatic nitrogens is 2. The number of benzene rings is 1. The maximum Gasteiger partial charge on any atom is 0.258 e. The van der Waals surface area contributed by atoms with Gasteiger partial charge in [-0.25, -0.2) is 4.68 Å². The monoisotopic (exact) mass is 272 g/mol. The summed E-state index contributed by atoms with van der Waals surface area (Å²) in [6, 6.07) is 8.85. The fourth-order valence-corrected chi connectivity index (χ4v) is 1.99. The first-order chi connectivity index (χ1) is 9.29. The third kappa shape index (κ3) is 2.82. The molecule has 0 fully saturated rings. The number of aryl methyl sites for hydroxylation is 1. The molecule has 0 radical (unpaired) electrons. The van der Waals surface area contributed by atoms with Gasteiger partial charge in [0.25, 0.3) is 5.91 Å². The molecule has 1 heterocycles. The fraction of sp³-hybridized carbons (Fsp3) is 0.333. The summed E-state index contributed by atoms with van der Waals surface area (Å²) >= 11 is 0. The van der Waals surface area contributed by atoms with Crippen LogP contribution in [-0.2, 0) is 5.54 Å². The van der Waals surface area contributed by atoms with Crippen LogP contribution in [0.5, 0.6) is 0 Å². The third-order valence-electron chi connectivity index (χ3n) is 2.91. The molecular formula is C15H20N4O. The molecule has 0 saturated carbocycles. The molecule has 0 aliphatic heterocycles. The molecule has 0 aliphatic carbocycles. The first-order valence-electron chi connectivity index (χ1n) is 6.52. The Kier molecular flexibility index (Phi) is 3.53. The van der Waals surface area contributed by atoms with Crippen LogP contribution in [0.25, 0.3) is 0 Å². The van der Waals surface area contributed by atoms with Crippen molar-refractivity contribution in [2.24, 2.45) is 0 Å². The summed E-state index contributed by atoms with van der Waals surface area (Å²) in [4.78, 5) is 12.3. The molecule has 2 aromatic rings. The lowest BCUT2D eigenvalue weighted by Gasteiger charge is -2.22. The van der Waals surface area contributed by atoms with Crippen LogP contribution in [0.4, 0.5) is 11.5 Å². The Bertz CT molecular complexity index is 638. The minimum absolute atomic E-state index is 0.209. The van der Waals surface area contributed by atoms with Crippen LogP contribution < -0.4 is 11.1 Å². The van der Waals surface area contributed by atoms with E-state index in [4.69, 9.17) is 5.73 Å². The largest absolute Gasteiger partial charge is 0.398 e. The van der Waals surface area contributed by atoms with E-state index in [-0.39, 0.29) is 11.4 Å². The normalized spacial score (nSPS) is 11.4. The minimum atomic E-state index is -0.228. The summed E-state index contributed by atoms with van der Waals surface area (Å²) in [5.74, 6) is 0.441. The smallest absolute Gasteiger partial charge is 0.258 e. The number of nitrogen functional groups attached to an aromatic ring is 1. The number of nitrogens with zero attached hydrogens (tertiary/aromatic N) is 2. The Balaban J connectivity index is 2.32. The van der Waals surface area contributed by atoms with Gasteiger partial charge in [0, 0.05) is 11.8 Å². The van der Waals surface area contributed by atoms with Crippen LogP contribution in [-0.4, -0.2) is 15.7 Å². The molecule has 106 valence electrons. The van der Waals surface area contributed by atoms with E-state index >= 15 is 0 Å². The van der Waals surface area contributed by atoms with Gasteiger partial charge in [-0.05, 0) is 39.8 Å². The Labute approximate surface area is 118 Å². The lowest BCUT2D eigenvalue weighted by atomic mass is 10.1. The number of carbonyl (C=O) groups is 1. The van der Waals surface area contributed by atoms with Crippen molar-refractivity contribution in [3.05, 3.63) is 41.6 Å². The maximum absolute atomic E-state index is 12.3. The molecule has 0 unspecified atom stereocenters. The Morgan fingerprint density at radius 2 is 1.95 bits per heavy atom. The number of carbonyl (C=O) groups excluding carboxylic acids is 1. The van der Waals surface area contributed by atoms with Gasteiger partial charge in [0.15, 0.2) is 0 Å². The number of nitrogens with two attached hydrogens (primary N) is 1. The van der Waals surface area contributed by atoms with Crippen LogP contribution in [0.3, 0.4) is 0 Å². The average Bonchev–Trinajstić information content (AvgIpc) is 2.70. The van der Waals surface area contributed by atoms with E-state index in [1.165, 1.54) is 0 Å². The molecule has 5 nitrogen and oxygen atoms in total. The average molecular weight is 272 g/mol. The summed E-state index contributed by atoms with van der Waals surface area (Å²) in [6.45, 7) is 8.00. The van der Waals surface area contributed by atoms with Crippen molar-refractivity contribution in [1.29, 1.82) is 0 Å². The van der Waals surface area contributed by atoms with E-state index in [9.17, 15) is 4.79 Å². The van der Waals surface area contributed by atoms with Crippen LogP contribution in [0.15, 0.2) is 30.3 Å². The van der Waals surface area contributed by atoms with E-state index in [0.29, 0.717) is 17.1 Å². The highest BCUT2D eigenvalue weighted by molar-refractivity contribution is 6.07. The molecule has 3 N–H and O–H groups in total. The molecule has 0 saturated heterocycles. The molecule has 2 rings (SSSR count). The number of amides is 1. The summed E-state index contributed by atoms with van der Waals surface area (Å²) in [6.07, 6.45) is 0. The summed E-state index contributed by atoms with van der Waals surface area (Å²) in [7, 11) is 0. The highest BCUT2D eigenvalue weighted by atomic mass is 16.1. The zero-order valence-electron chi connectivity index (χ0n) is 12.3. The molecule has 1 aromatic carbocycles. The maximum atomic E-state index is 12.3. The van der Waals surface area contributed by atoms with Gasteiger partial charge in [0.2, 0.25) is 0 Å². The number of hydrogen-bond donors (Lipinski definition) is 2. The highest BCUT2D eigenvalue weighted by Crippen LogP contribution is 2.22. The third-order valence-corrected chi connectivity index (χ3v) is 2.91. The van der Waals surface area contributed by atoms with E-state index < -0.39 is 0 Å². The van der Waals surface area contributed by atoms with Crippen molar-refractivity contribution < 1.29 is 4.79 Å². The molecule has 1 amide bonds. The standard InChI is InChI=1S/C15H20N4O/c1-10-9-13(19(18-10)15(2,3)4)17-14(20)11-7-5-6-8-12(11)16/h5-9H,16H2,1-4H3,(H,17,20). The zero-order chi connectivity index (χ0) is 14.9. The summed E-state index contributed by atoms with van der Waals surface area (Å²) in [5, 5.41) is 7.30. The van der Waals surface area contributed by atoms with Gasteiger partial charge in [-0.2, -0.15) is 5.10 Å². The lowest BCUT2D eigenvalue weighted by Crippen LogP contribution is -2.27. The number of para-hydroxylation sites is 1. The van der Waals surface area contributed by atoms with Crippen molar-refractivity contribution >= 4 is 17.4 Å². The van der Waals surface area contributed by atoms with Crippen molar-refractivity contribution in [3.63, 3.8) is 0 Å². The number of nitrogens with one attached hydrogen (secondary N) is 1. The lowest BCUT2D eigenvalue weighted by molar-refractivity contribution is 0.102. The van der Waals surface area contributed by atoms with E-state index in [0.717, 1.165) is 5.69 Å². The topological polar surface area (TPSA) is 72.9 Å².